The fourth-order valence-corrected chi connectivity index (χ4v) is 1.05. The first kappa shape index (κ1) is 9.02. The highest BCUT2D eigenvalue weighted by Crippen LogP contribution is 2.07. The van der Waals surface area contributed by atoms with Gasteiger partial charge in [0.15, 0.2) is 0 Å². The summed E-state index contributed by atoms with van der Waals surface area (Å²) >= 11 is 2.13. The molecule has 0 bridgehead atoms. The van der Waals surface area contributed by atoms with E-state index in [2.05, 4.69) is 32.6 Å². The number of rotatable bonds is 1. The van der Waals surface area contributed by atoms with Gasteiger partial charge in [-0.25, -0.2) is 0 Å². The van der Waals surface area contributed by atoms with Crippen LogP contribution in [0.2, 0.25) is 0 Å². The molecule has 0 fully saturated rings. The van der Waals surface area contributed by atoms with E-state index in [0.717, 1.165) is 3.57 Å². The van der Waals surface area contributed by atoms with Gasteiger partial charge in [-0.1, -0.05) is 12.1 Å². The van der Waals surface area contributed by atoms with E-state index in [1.807, 2.05) is 0 Å². The minimum Gasteiger partial charge on any atom is -0.287 e. The maximum Gasteiger partial charge on any atom is 0.249 e. The molecule has 1 amide bonds. The van der Waals surface area contributed by atoms with Crippen LogP contribution in [0.4, 0.5) is 0 Å². The van der Waals surface area contributed by atoms with Crippen LogP contribution in [0.5, 0.6) is 0 Å². The van der Waals surface area contributed by atoms with E-state index in [-0.39, 0.29) is 0 Å². The number of benzene rings is 1. The Balaban J connectivity index is 2.97. The van der Waals surface area contributed by atoms with Crippen molar-refractivity contribution in [1.82, 2.24) is 0 Å². The van der Waals surface area contributed by atoms with Crippen LogP contribution >= 0.6 is 22.6 Å². The van der Waals surface area contributed by atoms with Gasteiger partial charge in [-0.15, -0.1) is 0 Å². The Bertz CT molecular complexity index is 340. The van der Waals surface area contributed by atoms with Crippen LogP contribution in [0.25, 0.3) is 10.4 Å². The van der Waals surface area contributed by atoms with Crippen molar-refractivity contribution in [2.75, 3.05) is 0 Å². The third kappa shape index (κ3) is 2.21. The highest BCUT2D eigenvalue weighted by Gasteiger charge is 2.00. The molecule has 0 aliphatic rings. The average molecular weight is 273 g/mol. The lowest BCUT2D eigenvalue weighted by Crippen LogP contribution is -1.91. The molecule has 0 aromatic heterocycles. The normalized spacial score (nSPS) is 8.75. The lowest BCUT2D eigenvalue weighted by atomic mass is 10.2. The summed E-state index contributed by atoms with van der Waals surface area (Å²) in [6, 6.07) is 6.80. The predicted molar refractivity (Wildman–Crippen MR) is 52.6 cm³/mol. The predicted octanol–water partition coefficient (Wildman–Crippen LogP) is 2.74. The summed E-state index contributed by atoms with van der Waals surface area (Å²) in [7, 11) is 0. The molecule has 5 heteroatoms. The second kappa shape index (κ2) is 4.08. The zero-order chi connectivity index (χ0) is 8.97. The second-order valence-corrected chi connectivity index (χ2v) is 3.25. The van der Waals surface area contributed by atoms with Gasteiger partial charge in [-0.3, -0.25) is 4.79 Å². The third-order valence-corrected chi connectivity index (χ3v) is 1.95. The van der Waals surface area contributed by atoms with Crippen LogP contribution in [0.3, 0.4) is 0 Å². The summed E-state index contributed by atoms with van der Waals surface area (Å²) in [6.45, 7) is 0. The molecule has 0 heterocycles. The molecule has 0 aliphatic carbocycles. The smallest absolute Gasteiger partial charge is 0.249 e. The zero-order valence-electron chi connectivity index (χ0n) is 5.94. The largest absolute Gasteiger partial charge is 0.287 e. The highest BCUT2D eigenvalue weighted by molar-refractivity contribution is 14.1. The van der Waals surface area contributed by atoms with Gasteiger partial charge >= 0.3 is 0 Å². The minimum atomic E-state index is -0.547. The molecule has 60 valence electrons. The molecule has 0 spiro atoms. The van der Waals surface area contributed by atoms with E-state index in [9.17, 15) is 4.79 Å². The van der Waals surface area contributed by atoms with E-state index in [1.165, 1.54) is 0 Å². The fraction of sp³-hybridized carbons (Fsp3) is 0. The number of carbonyl (C=O) groups excluding carboxylic acids is 1. The van der Waals surface area contributed by atoms with Gasteiger partial charge in [0.2, 0.25) is 5.91 Å². The Morgan fingerprint density at radius 2 is 2.00 bits per heavy atom. The topological polar surface area (TPSA) is 65.8 Å². The average Bonchev–Trinajstić information content (AvgIpc) is 2.06. The summed E-state index contributed by atoms with van der Waals surface area (Å²) in [5, 5.41) is 2.96. The lowest BCUT2D eigenvalue weighted by molar-refractivity contribution is 0.100. The van der Waals surface area contributed by atoms with Crippen LogP contribution in [0.15, 0.2) is 29.4 Å². The maximum atomic E-state index is 10.9. The van der Waals surface area contributed by atoms with Crippen molar-refractivity contribution >= 4 is 28.5 Å². The number of nitrogens with zero attached hydrogens (tertiary/aromatic N) is 3. The molecule has 1 rings (SSSR count). The number of azide groups is 1. The molecular formula is C7H4IN3O. The van der Waals surface area contributed by atoms with Gasteiger partial charge in [0.05, 0.1) is 0 Å². The van der Waals surface area contributed by atoms with E-state index in [1.54, 1.807) is 24.3 Å². The fourth-order valence-electron chi connectivity index (χ4n) is 0.691. The van der Waals surface area contributed by atoms with Crippen molar-refractivity contribution < 1.29 is 4.79 Å². The third-order valence-electron chi connectivity index (χ3n) is 1.23. The Hall–Kier alpha value is -1.07. The van der Waals surface area contributed by atoms with Crippen molar-refractivity contribution in [1.29, 1.82) is 0 Å². The summed E-state index contributed by atoms with van der Waals surface area (Å²) in [6.07, 6.45) is 0. The molecule has 0 atom stereocenters. The van der Waals surface area contributed by atoms with Crippen molar-refractivity contribution in [2.24, 2.45) is 5.11 Å². The quantitative estimate of drug-likeness (QED) is 0.336. The van der Waals surface area contributed by atoms with Gasteiger partial charge in [-0.2, -0.15) is 0 Å². The van der Waals surface area contributed by atoms with Crippen molar-refractivity contribution in [3.05, 3.63) is 43.8 Å². The summed E-state index contributed by atoms with van der Waals surface area (Å²) in [5.74, 6) is -0.547. The molecule has 1 aromatic carbocycles. The number of hydrogen-bond acceptors (Lipinski definition) is 1. The van der Waals surface area contributed by atoms with E-state index >= 15 is 0 Å². The molecule has 12 heavy (non-hydrogen) atoms. The molecule has 1 aromatic rings. The highest BCUT2D eigenvalue weighted by atomic mass is 127. The van der Waals surface area contributed by atoms with Crippen LogP contribution < -0.4 is 0 Å². The molecule has 0 aliphatic heterocycles. The second-order valence-electron chi connectivity index (χ2n) is 2.00. The first-order valence-electron chi connectivity index (χ1n) is 3.09. The lowest BCUT2D eigenvalue weighted by Gasteiger charge is -1.92. The summed E-state index contributed by atoms with van der Waals surface area (Å²) in [4.78, 5) is 13.3. The first-order valence-corrected chi connectivity index (χ1v) is 4.17. The Labute approximate surface area is 82.4 Å². The van der Waals surface area contributed by atoms with Crippen molar-refractivity contribution in [3.63, 3.8) is 0 Å². The Morgan fingerprint density at radius 3 is 2.50 bits per heavy atom. The number of carbonyl (C=O) groups is 1. The van der Waals surface area contributed by atoms with Gasteiger partial charge in [0, 0.05) is 14.0 Å². The maximum absolute atomic E-state index is 10.9. The summed E-state index contributed by atoms with van der Waals surface area (Å²) in [5.41, 5.74) is 8.40. The van der Waals surface area contributed by atoms with Gasteiger partial charge in [-0.05, 0) is 45.4 Å². The number of halogens is 1. The molecule has 0 unspecified atom stereocenters. The van der Waals surface area contributed by atoms with Crippen LogP contribution in [-0.2, 0) is 0 Å². The van der Waals surface area contributed by atoms with Crippen LogP contribution in [0, 0.1) is 3.57 Å². The molecule has 0 saturated carbocycles. The van der Waals surface area contributed by atoms with E-state index < -0.39 is 5.91 Å². The van der Waals surface area contributed by atoms with E-state index in [0.29, 0.717) is 5.56 Å². The molecule has 0 radical (unpaired) electrons. The Kier molecular flexibility index (Phi) is 3.07. The van der Waals surface area contributed by atoms with Crippen molar-refractivity contribution in [2.45, 2.75) is 0 Å². The molecule has 0 saturated heterocycles. The van der Waals surface area contributed by atoms with E-state index in [4.69, 9.17) is 5.53 Å². The molecule has 4 nitrogen and oxygen atoms in total. The minimum absolute atomic E-state index is 0.410. The van der Waals surface area contributed by atoms with Crippen molar-refractivity contribution in [3.8, 4) is 0 Å². The monoisotopic (exact) mass is 273 g/mol. The number of hydrogen-bond donors (Lipinski definition) is 0. The van der Waals surface area contributed by atoms with Crippen LogP contribution in [-0.4, -0.2) is 5.91 Å². The van der Waals surface area contributed by atoms with Gasteiger partial charge < -0.3 is 0 Å². The first-order chi connectivity index (χ1) is 5.74. The van der Waals surface area contributed by atoms with Gasteiger partial charge in [0.1, 0.15) is 0 Å². The molecule has 0 N–H and O–H groups in total. The SMILES string of the molecule is [N-]=[N+]=NC(=O)c1ccc(I)cc1. The Morgan fingerprint density at radius 1 is 1.42 bits per heavy atom. The van der Waals surface area contributed by atoms with Gasteiger partial charge in [0.25, 0.3) is 0 Å². The molecular weight excluding hydrogens is 269 g/mol. The van der Waals surface area contributed by atoms with Crippen LogP contribution in [0.1, 0.15) is 10.4 Å². The summed E-state index contributed by atoms with van der Waals surface area (Å²) < 4.78 is 1.03. The zero-order valence-corrected chi connectivity index (χ0v) is 8.09. The standard InChI is InChI=1S/C7H4IN3O/c8-6-3-1-5(2-4-6)7(12)10-11-9/h1-4H. The number of amides is 1.